The van der Waals surface area contributed by atoms with Crippen molar-refractivity contribution in [1.29, 1.82) is 0 Å². The molecule has 5 aromatic rings. The normalized spacial score (nSPS) is 10.9. The maximum Gasteiger partial charge on any atom is 0.267 e. The van der Waals surface area contributed by atoms with E-state index in [1.165, 1.54) is 16.3 Å². The molecule has 0 saturated heterocycles. The summed E-state index contributed by atoms with van der Waals surface area (Å²) < 4.78 is 1.47. The molecular weight excluding hydrogens is 456 g/mol. The van der Waals surface area contributed by atoms with Crippen molar-refractivity contribution in [2.75, 3.05) is 11.1 Å². The fourth-order valence-corrected chi connectivity index (χ4v) is 4.51. The van der Waals surface area contributed by atoms with E-state index in [0.29, 0.717) is 27.6 Å². The zero-order valence-corrected chi connectivity index (χ0v) is 19.8. The quantitative estimate of drug-likeness (QED) is 0.258. The third kappa shape index (κ3) is 5.00. The number of hydrogen-bond donors (Lipinski definition) is 1. The number of fused-ring (bicyclic) bond motifs is 1. The van der Waals surface area contributed by atoms with Gasteiger partial charge in [-0.3, -0.25) is 9.59 Å². The van der Waals surface area contributed by atoms with Crippen LogP contribution in [0.25, 0.3) is 27.8 Å². The SMILES string of the molecule is Cc1ccc(-n2c(SCC(=O)Nc3ccc(-c4ccccc4)cc3)nc3ccccc3c2=O)nc1. The first-order valence-corrected chi connectivity index (χ1v) is 12.1. The largest absolute Gasteiger partial charge is 0.325 e. The van der Waals surface area contributed by atoms with Crippen LogP contribution in [-0.4, -0.2) is 26.2 Å². The average Bonchev–Trinajstić information content (AvgIpc) is 2.89. The number of hydrogen-bond acceptors (Lipinski definition) is 5. The molecule has 1 N–H and O–H groups in total. The minimum atomic E-state index is -0.216. The van der Waals surface area contributed by atoms with Crippen LogP contribution in [0.4, 0.5) is 5.69 Å². The van der Waals surface area contributed by atoms with E-state index >= 15 is 0 Å². The second-order valence-corrected chi connectivity index (χ2v) is 8.97. The summed E-state index contributed by atoms with van der Waals surface area (Å²) in [7, 11) is 0. The molecule has 0 aliphatic carbocycles. The van der Waals surface area contributed by atoms with Gasteiger partial charge in [0.2, 0.25) is 5.91 Å². The van der Waals surface area contributed by atoms with Gasteiger partial charge >= 0.3 is 0 Å². The van der Waals surface area contributed by atoms with Gasteiger partial charge in [0.25, 0.3) is 5.56 Å². The van der Waals surface area contributed by atoms with Gasteiger partial charge in [-0.1, -0.05) is 72.4 Å². The molecule has 172 valence electrons. The van der Waals surface area contributed by atoms with Gasteiger partial charge in [0.15, 0.2) is 5.16 Å². The van der Waals surface area contributed by atoms with E-state index in [1.54, 1.807) is 24.4 Å². The van der Waals surface area contributed by atoms with E-state index < -0.39 is 0 Å². The molecule has 2 aromatic heterocycles. The van der Waals surface area contributed by atoms with Gasteiger partial charge in [-0.05, 0) is 53.9 Å². The molecule has 0 fully saturated rings. The second kappa shape index (κ2) is 9.95. The van der Waals surface area contributed by atoms with Crippen LogP contribution in [0.1, 0.15) is 5.56 Å². The van der Waals surface area contributed by atoms with E-state index in [9.17, 15) is 9.59 Å². The summed E-state index contributed by atoms with van der Waals surface area (Å²) in [6.45, 7) is 1.94. The topological polar surface area (TPSA) is 76.9 Å². The molecule has 7 heteroatoms. The molecule has 0 unspecified atom stereocenters. The number of aryl methyl sites for hydroxylation is 1. The van der Waals surface area contributed by atoms with Crippen molar-refractivity contribution in [3.63, 3.8) is 0 Å². The maximum absolute atomic E-state index is 13.3. The van der Waals surface area contributed by atoms with Crippen molar-refractivity contribution >= 4 is 34.3 Å². The highest BCUT2D eigenvalue weighted by Gasteiger charge is 2.15. The van der Waals surface area contributed by atoms with Crippen LogP contribution in [-0.2, 0) is 4.79 Å². The minimum absolute atomic E-state index is 0.0943. The van der Waals surface area contributed by atoms with Crippen molar-refractivity contribution in [3.8, 4) is 16.9 Å². The Morgan fingerprint density at radius 1 is 0.886 bits per heavy atom. The Kier molecular flexibility index (Phi) is 6.41. The molecule has 35 heavy (non-hydrogen) atoms. The van der Waals surface area contributed by atoms with Gasteiger partial charge in [-0.2, -0.15) is 0 Å². The lowest BCUT2D eigenvalue weighted by Crippen LogP contribution is -2.23. The van der Waals surface area contributed by atoms with E-state index in [0.717, 1.165) is 16.7 Å². The van der Waals surface area contributed by atoms with Gasteiger partial charge in [0.05, 0.1) is 16.7 Å². The first-order chi connectivity index (χ1) is 17.1. The number of nitrogens with one attached hydrogen (secondary N) is 1. The first kappa shape index (κ1) is 22.6. The van der Waals surface area contributed by atoms with Gasteiger partial charge in [-0.15, -0.1) is 0 Å². The third-order valence-corrected chi connectivity index (χ3v) is 6.42. The number of carbonyl (C=O) groups is 1. The molecule has 1 amide bonds. The fourth-order valence-electron chi connectivity index (χ4n) is 3.71. The number of aromatic nitrogens is 3. The van der Waals surface area contributed by atoms with Crippen LogP contribution in [0.15, 0.2) is 107 Å². The number of amides is 1. The number of para-hydroxylation sites is 1. The van der Waals surface area contributed by atoms with Crippen LogP contribution in [0.2, 0.25) is 0 Å². The average molecular weight is 479 g/mol. The van der Waals surface area contributed by atoms with Crippen LogP contribution in [0.5, 0.6) is 0 Å². The lowest BCUT2D eigenvalue weighted by atomic mass is 10.1. The number of carbonyl (C=O) groups excluding carboxylic acids is 1. The molecule has 0 saturated carbocycles. The number of benzene rings is 3. The zero-order valence-electron chi connectivity index (χ0n) is 19.0. The Labute approximate surface area is 206 Å². The van der Waals surface area contributed by atoms with Crippen LogP contribution >= 0.6 is 11.8 Å². The molecule has 0 bridgehead atoms. The molecule has 0 aliphatic rings. The Bertz CT molecular complexity index is 1550. The summed E-state index contributed by atoms with van der Waals surface area (Å²) >= 11 is 1.20. The standard InChI is InChI=1S/C28H22N4O2S/c1-19-11-16-25(29-17-19)32-27(34)23-9-5-6-10-24(23)31-28(32)35-18-26(33)30-22-14-12-21(13-15-22)20-7-3-2-4-8-20/h2-17H,18H2,1H3,(H,30,33). The number of anilines is 1. The summed E-state index contributed by atoms with van der Waals surface area (Å²) in [5.74, 6) is 0.378. The molecule has 0 atom stereocenters. The van der Waals surface area contributed by atoms with Crippen LogP contribution < -0.4 is 10.9 Å². The summed E-state index contributed by atoms with van der Waals surface area (Å²) in [5.41, 5.74) is 4.26. The molecule has 6 nitrogen and oxygen atoms in total. The molecule has 2 heterocycles. The van der Waals surface area contributed by atoms with Gasteiger partial charge in [0, 0.05) is 11.9 Å². The molecule has 5 rings (SSSR count). The molecule has 0 radical (unpaired) electrons. The third-order valence-electron chi connectivity index (χ3n) is 5.48. The maximum atomic E-state index is 13.3. The molecular formula is C28H22N4O2S. The Hall–Kier alpha value is -4.23. The summed E-state index contributed by atoms with van der Waals surface area (Å²) in [6.07, 6.45) is 1.71. The predicted octanol–water partition coefficient (Wildman–Crippen LogP) is 5.49. The second-order valence-electron chi connectivity index (χ2n) is 8.03. The van der Waals surface area contributed by atoms with Crippen LogP contribution in [0, 0.1) is 6.92 Å². The molecule has 3 aromatic carbocycles. The van der Waals surface area contributed by atoms with Crippen molar-refractivity contribution in [1.82, 2.24) is 14.5 Å². The van der Waals surface area contributed by atoms with Gasteiger partial charge in [0.1, 0.15) is 5.82 Å². The van der Waals surface area contributed by atoms with E-state index in [4.69, 9.17) is 0 Å². The highest BCUT2D eigenvalue weighted by Crippen LogP contribution is 2.23. The number of rotatable bonds is 6. The fraction of sp³-hybridized carbons (Fsp3) is 0.0714. The smallest absolute Gasteiger partial charge is 0.267 e. The number of thioether (sulfide) groups is 1. The minimum Gasteiger partial charge on any atom is -0.325 e. The Balaban J connectivity index is 1.36. The Morgan fingerprint density at radius 2 is 1.60 bits per heavy atom. The molecule has 0 spiro atoms. The highest BCUT2D eigenvalue weighted by molar-refractivity contribution is 7.99. The Morgan fingerprint density at radius 3 is 2.34 bits per heavy atom. The first-order valence-electron chi connectivity index (χ1n) is 11.1. The van der Waals surface area contributed by atoms with Gasteiger partial charge < -0.3 is 5.32 Å². The summed E-state index contributed by atoms with van der Waals surface area (Å²) in [6, 6.07) is 28.6. The number of nitrogens with zero attached hydrogens (tertiary/aromatic N) is 3. The predicted molar refractivity (Wildman–Crippen MR) is 141 cm³/mol. The monoisotopic (exact) mass is 478 g/mol. The van der Waals surface area contributed by atoms with Crippen molar-refractivity contribution < 1.29 is 4.79 Å². The van der Waals surface area contributed by atoms with E-state index in [2.05, 4.69) is 15.3 Å². The van der Waals surface area contributed by atoms with E-state index in [-0.39, 0.29) is 17.2 Å². The highest BCUT2D eigenvalue weighted by atomic mass is 32.2. The van der Waals surface area contributed by atoms with Crippen molar-refractivity contribution in [2.24, 2.45) is 0 Å². The van der Waals surface area contributed by atoms with E-state index in [1.807, 2.05) is 79.7 Å². The van der Waals surface area contributed by atoms with Gasteiger partial charge in [-0.25, -0.2) is 14.5 Å². The van der Waals surface area contributed by atoms with Crippen molar-refractivity contribution in [3.05, 3.63) is 113 Å². The lowest BCUT2D eigenvalue weighted by molar-refractivity contribution is -0.113. The lowest BCUT2D eigenvalue weighted by Gasteiger charge is -2.13. The van der Waals surface area contributed by atoms with Crippen molar-refractivity contribution in [2.45, 2.75) is 12.1 Å². The van der Waals surface area contributed by atoms with Crippen LogP contribution in [0.3, 0.4) is 0 Å². The zero-order chi connectivity index (χ0) is 24.2. The number of pyridine rings is 1. The summed E-state index contributed by atoms with van der Waals surface area (Å²) in [5, 5.41) is 3.84. The summed E-state index contributed by atoms with van der Waals surface area (Å²) in [4.78, 5) is 35.1. The molecule has 0 aliphatic heterocycles.